The van der Waals surface area contributed by atoms with Gasteiger partial charge in [-0.1, -0.05) is 18.2 Å². The maximum atomic E-state index is 10.9. The van der Waals surface area contributed by atoms with Crippen molar-refractivity contribution in [2.24, 2.45) is 11.5 Å². The molecule has 0 aromatic heterocycles. The lowest BCUT2D eigenvalue weighted by Gasteiger charge is -2.14. The van der Waals surface area contributed by atoms with E-state index in [1.807, 2.05) is 0 Å². The van der Waals surface area contributed by atoms with Gasteiger partial charge in [-0.2, -0.15) is 0 Å². The number of primary amides is 2. The molecule has 0 unspecified atom stereocenters. The molecule has 15 heteroatoms. The number of nitro benzene ring substituents is 2. The normalized spacial score (nSPS) is 10.0. The van der Waals surface area contributed by atoms with Gasteiger partial charge in [0.25, 0.3) is 11.4 Å². The van der Waals surface area contributed by atoms with E-state index in [9.17, 15) is 34.6 Å². The smallest absolute Gasteiger partial charge is 0.335 e. The standard InChI is InChI=1S/C11H16N2O3.C8H8N2O3.C8H7NO4/c1-15-10(16-2)6-7-3-4-8(11(13)14)5-9(7)12;1-5-2-3-6(8(9)11)4-7(5)10(12)13;1-5-2-3-6(8(10)11)4-7(5)9(12)13/h3-5,10H,6,12H2,1-2H3,(H2,13,14);2-4H,1H3,(H2,9,11);2-4H,1H3,(H,10,11). The highest BCUT2D eigenvalue weighted by Crippen LogP contribution is 2.20. The van der Waals surface area contributed by atoms with Crippen LogP contribution in [0.25, 0.3) is 0 Å². The molecule has 7 N–H and O–H groups in total. The van der Waals surface area contributed by atoms with Gasteiger partial charge in [0, 0.05) is 60.7 Å². The van der Waals surface area contributed by atoms with Gasteiger partial charge in [-0.05, 0) is 43.7 Å². The summed E-state index contributed by atoms with van der Waals surface area (Å²) in [5.74, 6) is -2.32. The predicted octanol–water partition coefficient (Wildman–Crippen LogP) is 3.13. The monoisotopic (exact) mass is 585 g/mol. The highest BCUT2D eigenvalue weighted by atomic mass is 16.7. The van der Waals surface area contributed by atoms with E-state index in [4.69, 9.17) is 31.8 Å². The Bertz CT molecular complexity index is 1400. The number of nitro groups is 2. The number of anilines is 1. The molecule has 3 rings (SSSR count). The van der Waals surface area contributed by atoms with Gasteiger partial charge in [-0.15, -0.1) is 0 Å². The number of carboxylic acid groups (broad SMARTS) is 1. The molecule has 42 heavy (non-hydrogen) atoms. The number of hydrogen-bond acceptors (Lipinski definition) is 10. The molecule has 0 heterocycles. The van der Waals surface area contributed by atoms with Crippen LogP contribution in [0.2, 0.25) is 0 Å². The second-order valence-corrected chi connectivity index (χ2v) is 8.57. The molecule has 0 bridgehead atoms. The van der Waals surface area contributed by atoms with Gasteiger partial charge in [0.1, 0.15) is 0 Å². The highest BCUT2D eigenvalue weighted by Gasteiger charge is 2.14. The molecule has 2 amide bonds. The van der Waals surface area contributed by atoms with E-state index >= 15 is 0 Å². The summed E-state index contributed by atoms with van der Waals surface area (Å²) >= 11 is 0. The Morgan fingerprint density at radius 2 is 1.19 bits per heavy atom. The average Bonchev–Trinajstić information content (AvgIpc) is 2.93. The van der Waals surface area contributed by atoms with E-state index in [0.717, 1.165) is 11.6 Å². The van der Waals surface area contributed by atoms with Gasteiger partial charge in [0.15, 0.2) is 6.29 Å². The fourth-order valence-electron chi connectivity index (χ4n) is 3.28. The number of nitrogens with zero attached hydrogens (tertiary/aromatic N) is 2. The maximum absolute atomic E-state index is 10.9. The third-order valence-corrected chi connectivity index (χ3v) is 5.69. The molecule has 0 aliphatic carbocycles. The van der Waals surface area contributed by atoms with E-state index in [0.29, 0.717) is 28.8 Å². The molecule has 0 radical (unpaired) electrons. The molecule has 15 nitrogen and oxygen atoms in total. The van der Waals surface area contributed by atoms with Crippen molar-refractivity contribution in [1.82, 2.24) is 0 Å². The van der Waals surface area contributed by atoms with Gasteiger partial charge < -0.3 is 31.8 Å². The summed E-state index contributed by atoms with van der Waals surface area (Å²) < 4.78 is 10.1. The summed E-state index contributed by atoms with van der Waals surface area (Å²) in [6, 6.07) is 12.9. The van der Waals surface area contributed by atoms with Crippen LogP contribution in [0, 0.1) is 34.1 Å². The molecule has 0 fully saturated rings. The molecule has 0 aliphatic rings. The van der Waals surface area contributed by atoms with Crippen LogP contribution >= 0.6 is 0 Å². The summed E-state index contributed by atoms with van der Waals surface area (Å²) in [4.78, 5) is 51.8. The minimum absolute atomic E-state index is 0.0719. The van der Waals surface area contributed by atoms with E-state index in [1.54, 1.807) is 46.3 Å². The van der Waals surface area contributed by atoms with Crippen LogP contribution in [0.4, 0.5) is 17.1 Å². The molecular weight excluding hydrogens is 554 g/mol. The number of rotatable bonds is 9. The van der Waals surface area contributed by atoms with E-state index in [2.05, 4.69) is 0 Å². The number of benzene rings is 3. The fourth-order valence-corrected chi connectivity index (χ4v) is 3.28. The quantitative estimate of drug-likeness (QED) is 0.123. The first-order valence-corrected chi connectivity index (χ1v) is 11.9. The van der Waals surface area contributed by atoms with Crippen LogP contribution in [0.1, 0.15) is 47.8 Å². The van der Waals surface area contributed by atoms with Crippen LogP contribution in [0.3, 0.4) is 0 Å². The summed E-state index contributed by atoms with van der Waals surface area (Å²) in [5.41, 5.74) is 18.5. The second kappa shape index (κ2) is 16.0. The number of amides is 2. The molecule has 0 atom stereocenters. The van der Waals surface area contributed by atoms with Crippen molar-refractivity contribution in [3.63, 3.8) is 0 Å². The number of ether oxygens (including phenoxy) is 2. The Morgan fingerprint density at radius 1 is 0.786 bits per heavy atom. The number of nitrogen functional groups attached to an aromatic ring is 1. The Labute approximate surface area is 240 Å². The minimum atomic E-state index is -1.16. The predicted molar refractivity (Wildman–Crippen MR) is 152 cm³/mol. The maximum Gasteiger partial charge on any atom is 0.335 e. The van der Waals surface area contributed by atoms with Crippen molar-refractivity contribution < 1.29 is 38.8 Å². The minimum Gasteiger partial charge on any atom is -0.478 e. The Balaban J connectivity index is 0.000000318. The molecular formula is C27H31N5O10. The summed E-state index contributed by atoms with van der Waals surface area (Å²) in [6.07, 6.45) is 0.180. The number of hydrogen-bond donors (Lipinski definition) is 4. The number of carboxylic acids is 1. The third-order valence-electron chi connectivity index (χ3n) is 5.69. The van der Waals surface area contributed by atoms with Crippen molar-refractivity contribution >= 4 is 34.8 Å². The van der Waals surface area contributed by atoms with Crippen molar-refractivity contribution in [3.05, 3.63) is 108 Å². The largest absolute Gasteiger partial charge is 0.478 e. The molecule has 0 saturated carbocycles. The first-order valence-electron chi connectivity index (χ1n) is 11.9. The average molecular weight is 586 g/mol. The number of carbonyl (C=O) groups excluding carboxylic acids is 2. The summed E-state index contributed by atoms with van der Waals surface area (Å²) in [7, 11) is 3.12. The van der Waals surface area contributed by atoms with Crippen molar-refractivity contribution in [3.8, 4) is 0 Å². The molecule has 0 saturated heterocycles. The van der Waals surface area contributed by atoms with Crippen molar-refractivity contribution in [2.45, 2.75) is 26.6 Å². The summed E-state index contributed by atoms with van der Waals surface area (Å²) in [5, 5.41) is 29.4. The van der Waals surface area contributed by atoms with Crippen LogP contribution in [-0.2, 0) is 15.9 Å². The van der Waals surface area contributed by atoms with Crippen LogP contribution in [0.5, 0.6) is 0 Å². The van der Waals surface area contributed by atoms with Crippen molar-refractivity contribution in [1.29, 1.82) is 0 Å². The van der Waals surface area contributed by atoms with Gasteiger partial charge in [0.2, 0.25) is 11.8 Å². The number of methoxy groups -OCH3 is 2. The lowest BCUT2D eigenvalue weighted by atomic mass is 10.1. The van der Waals surface area contributed by atoms with Crippen LogP contribution in [0.15, 0.2) is 54.6 Å². The number of aryl methyl sites for hydroxylation is 2. The van der Waals surface area contributed by atoms with E-state index in [1.165, 1.54) is 30.3 Å². The first-order chi connectivity index (χ1) is 19.6. The highest BCUT2D eigenvalue weighted by molar-refractivity contribution is 5.94. The Hall–Kier alpha value is -5.41. The lowest BCUT2D eigenvalue weighted by molar-refractivity contribution is -0.385. The zero-order valence-electron chi connectivity index (χ0n) is 23.2. The third kappa shape index (κ3) is 10.3. The Kier molecular flexibility index (Phi) is 13.2. The molecule has 0 aliphatic heterocycles. The van der Waals surface area contributed by atoms with E-state index < -0.39 is 27.6 Å². The van der Waals surface area contributed by atoms with Gasteiger partial charge >= 0.3 is 5.97 Å². The Morgan fingerprint density at radius 3 is 1.57 bits per heavy atom. The zero-order valence-corrected chi connectivity index (χ0v) is 23.2. The molecule has 3 aromatic carbocycles. The number of nitrogens with two attached hydrogens (primary N) is 3. The molecule has 0 spiro atoms. The topological polar surface area (TPSA) is 254 Å². The zero-order chi connectivity index (χ0) is 32.1. The van der Waals surface area contributed by atoms with Gasteiger partial charge in [-0.3, -0.25) is 29.8 Å². The second-order valence-electron chi connectivity index (χ2n) is 8.57. The first kappa shape index (κ1) is 34.6. The lowest BCUT2D eigenvalue weighted by Crippen LogP contribution is -2.17. The number of carbonyl (C=O) groups is 3. The number of aromatic carboxylic acids is 1. The summed E-state index contributed by atoms with van der Waals surface area (Å²) in [6.45, 7) is 3.16. The molecule has 224 valence electrons. The van der Waals surface area contributed by atoms with Gasteiger partial charge in [-0.25, -0.2) is 4.79 Å². The molecule has 3 aromatic rings. The van der Waals surface area contributed by atoms with Crippen molar-refractivity contribution in [2.75, 3.05) is 20.0 Å². The van der Waals surface area contributed by atoms with Crippen LogP contribution in [-0.4, -0.2) is 53.2 Å². The van der Waals surface area contributed by atoms with Gasteiger partial charge in [0.05, 0.1) is 15.4 Å². The fraction of sp³-hybridized carbons (Fsp3) is 0.222. The van der Waals surface area contributed by atoms with Crippen LogP contribution < -0.4 is 17.2 Å². The SMILES string of the molecule is COC(Cc1ccc(C(N)=O)cc1N)OC.Cc1ccc(C(=O)O)cc1[N+](=O)[O-].Cc1ccc(C(N)=O)cc1[N+](=O)[O-]. The van der Waals surface area contributed by atoms with E-state index in [-0.39, 0.29) is 28.8 Å².